The molecule has 1 aromatic heterocycles. The second-order valence-corrected chi connectivity index (χ2v) is 7.05. The van der Waals surface area contributed by atoms with Gasteiger partial charge in [0, 0.05) is 11.8 Å². The molecular weight excluding hydrogens is 262 g/mol. The van der Waals surface area contributed by atoms with Gasteiger partial charge in [0.1, 0.15) is 5.25 Å². The Hall–Kier alpha value is -1.82. The maximum atomic E-state index is 11.7. The zero-order chi connectivity index (χ0) is 14.2. The molecule has 0 saturated heterocycles. The van der Waals surface area contributed by atoms with Gasteiger partial charge in [-0.3, -0.25) is 5.10 Å². The number of hydrogen-bond acceptors (Lipinski definition) is 4. The van der Waals surface area contributed by atoms with Gasteiger partial charge in [-0.2, -0.15) is 5.10 Å². The molecule has 0 radical (unpaired) electrons. The number of hydrogen-bond donors (Lipinski definition) is 2. The van der Waals surface area contributed by atoms with Gasteiger partial charge in [-0.25, -0.2) is 8.42 Å². The van der Waals surface area contributed by atoms with E-state index in [1.54, 1.807) is 6.92 Å². The number of anilines is 1. The van der Waals surface area contributed by atoms with Crippen LogP contribution in [0.2, 0.25) is 0 Å². The van der Waals surface area contributed by atoms with E-state index in [0.29, 0.717) is 17.1 Å². The van der Waals surface area contributed by atoms with Crippen LogP contribution in [0.4, 0.5) is 5.82 Å². The Balaban J connectivity index is 2.66. The number of nitrogens with one attached hydrogen (secondary N) is 1. The van der Waals surface area contributed by atoms with E-state index in [4.69, 9.17) is 5.73 Å². The number of nitrogen functional groups attached to an aromatic ring is 1. The Morgan fingerprint density at radius 3 is 2.53 bits per heavy atom. The van der Waals surface area contributed by atoms with Crippen molar-refractivity contribution in [2.45, 2.75) is 19.1 Å². The van der Waals surface area contributed by atoms with Gasteiger partial charge < -0.3 is 5.73 Å². The molecule has 3 N–H and O–H groups in total. The normalized spacial score (nSPS) is 13.4. The van der Waals surface area contributed by atoms with E-state index in [9.17, 15) is 8.42 Å². The van der Waals surface area contributed by atoms with E-state index < -0.39 is 15.1 Å². The largest absolute Gasteiger partial charge is 0.382 e. The number of sulfone groups is 1. The minimum absolute atomic E-state index is 0.319. The Kier molecular flexibility index (Phi) is 3.36. The summed E-state index contributed by atoms with van der Waals surface area (Å²) in [5.74, 6) is 0.319. The van der Waals surface area contributed by atoms with Crippen LogP contribution in [0.3, 0.4) is 0 Å². The minimum Gasteiger partial charge on any atom is -0.382 e. The zero-order valence-corrected chi connectivity index (χ0v) is 12.0. The first-order chi connectivity index (χ1) is 8.82. The highest BCUT2D eigenvalue weighted by Crippen LogP contribution is 2.35. The van der Waals surface area contributed by atoms with Gasteiger partial charge in [0.2, 0.25) is 0 Å². The summed E-state index contributed by atoms with van der Waals surface area (Å²) in [6.07, 6.45) is 1.20. The summed E-state index contributed by atoms with van der Waals surface area (Å²) in [5, 5.41) is 6.03. The van der Waals surface area contributed by atoms with Crippen molar-refractivity contribution < 1.29 is 8.42 Å². The van der Waals surface area contributed by atoms with Crippen LogP contribution in [0.25, 0.3) is 11.1 Å². The Bertz CT molecular complexity index is 704. The van der Waals surface area contributed by atoms with Gasteiger partial charge in [0.05, 0.1) is 5.69 Å². The third kappa shape index (κ3) is 2.49. The van der Waals surface area contributed by atoms with Crippen LogP contribution >= 0.6 is 0 Å². The summed E-state index contributed by atoms with van der Waals surface area (Å²) < 4.78 is 23.4. The summed E-state index contributed by atoms with van der Waals surface area (Å²) in [7, 11) is -3.21. The highest BCUT2D eigenvalue weighted by atomic mass is 32.2. The summed E-state index contributed by atoms with van der Waals surface area (Å²) in [6, 6.07) is 7.68. The molecular formula is C13H17N3O2S. The first-order valence-corrected chi connectivity index (χ1v) is 7.86. The van der Waals surface area contributed by atoms with Crippen LogP contribution in [0.1, 0.15) is 23.4 Å². The van der Waals surface area contributed by atoms with Gasteiger partial charge in [-0.15, -0.1) is 0 Å². The molecule has 0 aliphatic carbocycles. The van der Waals surface area contributed by atoms with Gasteiger partial charge in [0.25, 0.3) is 0 Å². The Morgan fingerprint density at radius 2 is 1.95 bits per heavy atom. The lowest BCUT2D eigenvalue weighted by Gasteiger charge is -2.12. The topological polar surface area (TPSA) is 88.8 Å². The molecule has 2 rings (SSSR count). The zero-order valence-electron chi connectivity index (χ0n) is 11.1. The van der Waals surface area contributed by atoms with E-state index in [2.05, 4.69) is 10.2 Å². The van der Waals surface area contributed by atoms with Gasteiger partial charge in [-0.1, -0.05) is 24.3 Å². The Morgan fingerprint density at radius 1 is 1.32 bits per heavy atom. The molecule has 19 heavy (non-hydrogen) atoms. The third-order valence-electron chi connectivity index (χ3n) is 3.29. The fraction of sp³-hybridized carbons (Fsp3) is 0.308. The molecule has 102 valence electrons. The molecule has 5 nitrogen and oxygen atoms in total. The van der Waals surface area contributed by atoms with Crippen LogP contribution in [-0.4, -0.2) is 24.9 Å². The number of aromatic amines is 1. The van der Waals surface area contributed by atoms with Crippen molar-refractivity contribution in [2.75, 3.05) is 12.0 Å². The number of rotatable bonds is 3. The molecule has 1 heterocycles. The maximum Gasteiger partial charge on any atom is 0.155 e. The second-order valence-electron chi connectivity index (χ2n) is 4.68. The second kappa shape index (κ2) is 4.70. The van der Waals surface area contributed by atoms with Gasteiger partial charge >= 0.3 is 0 Å². The number of H-pyrrole nitrogens is 1. The fourth-order valence-corrected chi connectivity index (χ4v) is 2.61. The van der Waals surface area contributed by atoms with E-state index >= 15 is 0 Å². The average molecular weight is 279 g/mol. The molecule has 0 aliphatic heterocycles. The average Bonchev–Trinajstić information content (AvgIpc) is 2.69. The van der Waals surface area contributed by atoms with E-state index in [0.717, 1.165) is 11.1 Å². The minimum atomic E-state index is -3.21. The molecule has 0 fully saturated rings. The predicted octanol–water partition coefficient (Wildman–Crippen LogP) is 2.07. The van der Waals surface area contributed by atoms with Crippen molar-refractivity contribution in [3.63, 3.8) is 0 Å². The van der Waals surface area contributed by atoms with Crippen molar-refractivity contribution in [3.8, 4) is 11.1 Å². The molecule has 1 atom stereocenters. The molecule has 2 aromatic rings. The quantitative estimate of drug-likeness (QED) is 0.900. The monoisotopic (exact) mass is 279 g/mol. The molecule has 0 spiro atoms. The van der Waals surface area contributed by atoms with Crippen LogP contribution in [0.5, 0.6) is 0 Å². The number of benzene rings is 1. The molecule has 0 saturated carbocycles. The number of nitrogens with zero attached hydrogens (tertiary/aromatic N) is 1. The molecule has 0 aliphatic rings. The lowest BCUT2D eigenvalue weighted by molar-refractivity contribution is 0.591. The van der Waals surface area contributed by atoms with E-state index in [1.165, 1.54) is 6.26 Å². The summed E-state index contributed by atoms with van der Waals surface area (Å²) in [4.78, 5) is 0. The smallest absolute Gasteiger partial charge is 0.155 e. The third-order valence-corrected chi connectivity index (χ3v) is 4.81. The van der Waals surface area contributed by atoms with Crippen molar-refractivity contribution in [1.29, 1.82) is 0 Å². The first kappa shape index (κ1) is 13.6. The maximum absolute atomic E-state index is 11.7. The lowest BCUT2D eigenvalue weighted by atomic mass is 9.99. The van der Waals surface area contributed by atoms with Crippen molar-refractivity contribution in [3.05, 3.63) is 35.5 Å². The van der Waals surface area contributed by atoms with Crippen LogP contribution < -0.4 is 5.73 Å². The molecule has 0 amide bonds. The Labute approximate surface area is 112 Å². The predicted molar refractivity (Wildman–Crippen MR) is 76.4 cm³/mol. The first-order valence-electron chi connectivity index (χ1n) is 5.91. The lowest BCUT2D eigenvalue weighted by Crippen LogP contribution is -2.09. The van der Waals surface area contributed by atoms with Crippen LogP contribution in [0.15, 0.2) is 24.3 Å². The van der Waals surface area contributed by atoms with Crippen molar-refractivity contribution in [1.82, 2.24) is 10.2 Å². The molecule has 0 bridgehead atoms. The van der Waals surface area contributed by atoms with Crippen LogP contribution in [-0.2, 0) is 9.84 Å². The van der Waals surface area contributed by atoms with Crippen LogP contribution in [0, 0.1) is 6.92 Å². The molecule has 1 unspecified atom stereocenters. The standard InChI is InChI=1S/C13H17N3O2S/c1-8-6-4-5-7-10(8)11-12(15-16-13(11)14)9(2)19(3,17)18/h4-7,9H,1-3H3,(H3,14,15,16). The highest BCUT2D eigenvalue weighted by molar-refractivity contribution is 7.90. The van der Waals surface area contributed by atoms with E-state index in [-0.39, 0.29) is 0 Å². The number of nitrogens with two attached hydrogens (primary N) is 1. The number of aryl methyl sites for hydroxylation is 1. The summed E-state index contributed by atoms with van der Waals surface area (Å²) in [6.45, 7) is 3.58. The molecule has 6 heteroatoms. The van der Waals surface area contributed by atoms with Gasteiger partial charge in [-0.05, 0) is 25.0 Å². The fourth-order valence-electron chi connectivity index (χ4n) is 2.01. The van der Waals surface area contributed by atoms with Gasteiger partial charge in [0.15, 0.2) is 15.7 Å². The SMILES string of the molecule is Cc1ccccc1-c1c(N)n[nH]c1C(C)S(C)(=O)=O. The summed E-state index contributed by atoms with van der Waals surface area (Å²) in [5.41, 5.74) is 9.03. The highest BCUT2D eigenvalue weighted by Gasteiger charge is 2.25. The summed E-state index contributed by atoms with van der Waals surface area (Å²) >= 11 is 0. The van der Waals surface area contributed by atoms with Crippen molar-refractivity contribution >= 4 is 15.7 Å². The van der Waals surface area contributed by atoms with E-state index in [1.807, 2.05) is 31.2 Å². The van der Waals surface area contributed by atoms with Crippen molar-refractivity contribution in [2.24, 2.45) is 0 Å². The molecule has 1 aromatic carbocycles. The number of aromatic nitrogens is 2.